The van der Waals surface area contributed by atoms with Crippen molar-refractivity contribution in [2.24, 2.45) is 0 Å². The van der Waals surface area contributed by atoms with Crippen LogP contribution in [0.25, 0.3) is 0 Å². The van der Waals surface area contributed by atoms with Gasteiger partial charge in [0.05, 0.1) is 0 Å². The van der Waals surface area contributed by atoms with Crippen LogP contribution in [0.3, 0.4) is 0 Å². The highest BCUT2D eigenvalue weighted by Gasteiger charge is 2.22. The standard InChI is InChI=1S/C12H19N5/c1-9-7-17(5-4-13-9)12-6-11(14-8-15-12)16-10-2-3-10/h6,8-10,13H,2-5,7H2,1H3,(H,14,15,16)/t9-/m1/s1. The third kappa shape index (κ3) is 2.66. The summed E-state index contributed by atoms with van der Waals surface area (Å²) in [5.74, 6) is 2.00. The van der Waals surface area contributed by atoms with Crippen molar-refractivity contribution in [2.75, 3.05) is 29.9 Å². The molecule has 0 radical (unpaired) electrons. The van der Waals surface area contributed by atoms with Crippen LogP contribution in [0.2, 0.25) is 0 Å². The quantitative estimate of drug-likeness (QED) is 0.810. The second-order valence-corrected chi connectivity index (χ2v) is 4.98. The number of piperazine rings is 1. The van der Waals surface area contributed by atoms with Crippen molar-refractivity contribution >= 4 is 11.6 Å². The van der Waals surface area contributed by atoms with E-state index in [-0.39, 0.29) is 0 Å². The Bertz CT molecular complexity index is 390. The maximum Gasteiger partial charge on any atom is 0.134 e. The van der Waals surface area contributed by atoms with Crippen molar-refractivity contribution in [1.29, 1.82) is 0 Å². The molecule has 0 spiro atoms. The van der Waals surface area contributed by atoms with Crippen molar-refractivity contribution in [3.63, 3.8) is 0 Å². The zero-order chi connectivity index (χ0) is 11.7. The van der Waals surface area contributed by atoms with Gasteiger partial charge in [-0.05, 0) is 19.8 Å². The summed E-state index contributed by atoms with van der Waals surface area (Å²) < 4.78 is 0. The number of nitrogens with zero attached hydrogens (tertiary/aromatic N) is 3. The minimum absolute atomic E-state index is 0.526. The molecule has 2 heterocycles. The van der Waals surface area contributed by atoms with E-state index in [9.17, 15) is 0 Å². The molecule has 3 rings (SSSR count). The fourth-order valence-corrected chi connectivity index (χ4v) is 2.18. The Kier molecular flexibility index (Phi) is 2.84. The van der Waals surface area contributed by atoms with Crippen LogP contribution in [-0.4, -0.2) is 41.7 Å². The smallest absolute Gasteiger partial charge is 0.134 e. The molecule has 5 heteroatoms. The lowest BCUT2D eigenvalue weighted by atomic mass is 10.2. The van der Waals surface area contributed by atoms with Crippen molar-refractivity contribution in [3.8, 4) is 0 Å². The Hall–Kier alpha value is -1.36. The predicted octanol–water partition coefficient (Wildman–Crippen LogP) is 0.849. The Labute approximate surface area is 102 Å². The van der Waals surface area contributed by atoms with Gasteiger partial charge in [0.2, 0.25) is 0 Å². The first-order chi connectivity index (χ1) is 8.31. The molecule has 0 aromatic carbocycles. The van der Waals surface area contributed by atoms with Gasteiger partial charge < -0.3 is 15.5 Å². The monoisotopic (exact) mass is 233 g/mol. The molecular formula is C12H19N5. The van der Waals surface area contributed by atoms with Gasteiger partial charge in [-0.2, -0.15) is 0 Å². The number of hydrogen-bond acceptors (Lipinski definition) is 5. The Morgan fingerprint density at radius 1 is 1.41 bits per heavy atom. The van der Waals surface area contributed by atoms with E-state index in [2.05, 4.69) is 38.5 Å². The maximum atomic E-state index is 4.37. The summed E-state index contributed by atoms with van der Waals surface area (Å²) in [5.41, 5.74) is 0. The van der Waals surface area contributed by atoms with E-state index in [1.165, 1.54) is 12.8 Å². The zero-order valence-corrected chi connectivity index (χ0v) is 10.2. The highest BCUT2D eigenvalue weighted by Crippen LogP contribution is 2.25. The van der Waals surface area contributed by atoms with E-state index in [0.29, 0.717) is 12.1 Å². The number of anilines is 2. The molecule has 1 aliphatic heterocycles. The normalized spacial score (nSPS) is 24.8. The molecule has 1 saturated heterocycles. The number of aromatic nitrogens is 2. The van der Waals surface area contributed by atoms with Gasteiger partial charge in [-0.25, -0.2) is 9.97 Å². The average molecular weight is 233 g/mol. The molecule has 17 heavy (non-hydrogen) atoms. The Balaban J connectivity index is 1.72. The third-order valence-corrected chi connectivity index (χ3v) is 3.27. The van der Waals surface area contributed by atoms with E-state index in [1.54, 1.807) is 6.33 Å². The van der Waals surface area contributed by atoms with E-state index in [0.717, 1.165) is 31.3 Å². The summed E-state index contributed by atoms with van der Waals surface area (Å²) in [5, 5.41) is 6.85. The summed E-state index contributed by atoms with van der Waals surface area (Å²) in [4.78, 5) is 11.0. The molecule has 1 aliphatic carbocycles. The van der Waals surface area contributed by atoms with Gasteiger partial charge in [0.25, 0.3) is 0 Å². The van der Waals surface area contributed by atoms with Crippen molar-refractivity contribution < 1.29 is 0 Å². The lowest BCUT2D eigenvalue weighted by Crippen LogP contribution is -2.49. The second kappa shape index (κ2) is 4.49. The molecule has 5 nitrogen and oxygen atoms in total. The minimum atomic E-state index is 0.526. The van der Waals surface area contributed by atoms with Crippen LogP contribution in [0.15, 0.2) is 12.4 Å². The molecular weight excluding hydrogens is 214 g/mol. The molecule has 0 bridgehead atoms. The van der Waals surface area contributed by atoms with Crippen LogP contribution in [0.4, 0.5) is 11.6 Å². The minimum Gasteiger partial charge on any atom is -0.367 e. The molecule has 1 aromatic rings. The van der Waals surface area contributed by atoms with E-state index in [1.807, 2.05) is 0 Å². The summed E-state index contributed by atoms with van der Waals surface area (Å²) in [6.45, 7) is 5.26. The molecule has 92 valence electrons. The Morgan fingerprint density at radius 3 is 3.06 bits per heavy atom. The fraction of sp³-hybridized carbons (Fsp3) is 0.667. The van der Waals surface area contributed by atoms with Crippen LogP contribution in [0.1, 0.15) is 19.8 Å². The lowest BCUT2D eigenvalue weighted by molar-refractivity contribution is 0.482. The summed E-state index contributed by atoms with van der Waals surface area (Å²) in [6.07, 6.45) is 4.20. The molecule has 0 amide bonds. The highest BCUT2D eigenvalue weighted by molar-refractivity contribution is 5.49. The van der Waals surface area contributed by atoms with Crippen LogP contribution in [0.5, 0.6) is 0 Å². The molecule has 0 unspecified atom stereocenters. The molecule has 1 atom stereocenters. The van der Waals surface area contributed by atoms with E-state index < -0.39 is 0 Å². The first-order valence-corrected chi connectivity index (χ1v) is 6.38. The van der Waals surface area contributed by atoms with Crippen LogP contribution in [-0.2, 0) is 0 Å². The van der Waals surface area contributed by atoms with E-state index >= 15 is 0 Å². The first kappa shape index (κ1) is 10.8. The van der Waals surface area contributed by atoms with Crippen LogP contribution >= 0.6 is 0 Å². The summed E-state index contributed by atoms with van der Waals surface area (Å²) in [7, 11) is 0. The van der Waals surface area contributed by atoms with Gasteiger partial charge in [0, 0.05) is 37.8 Å². The SMILES string of the molecule is C[C@@H]1CN(c2cc(NC3CC3)ncn2)CCN1. The number of nitrogens with one attached hydrogen (secondary N) is 2. The molecule has 2 fully saturated rings. The average Bonchev–Trinajstić information content (AvgIpc) is 3.13. The molecule has 2 aliphatic rings. The fourth-order valence-electron chi connectivity index (χ4n) is 2.18. The predicted molar refractivity (Wildman–Crippen MR) is 68.4 cm³/mol. The molecule has 1 saturated carbocycles. The third-order valence-electron chi connectivity index (χ3n) is 3.27. The van der Waals surface area contributed by atoms with Gasteiger partial charge in [0.15, 0.2) is 0 Å². The number of rotatable bonds is 3. The van der Waals surface area contributed by atoms with Crippen molar-refractivity contribution in [1.82, 2.24) is 15.3 Å². The summed E-state index contributed by atoms with van der Waals surface area (Å²) >= 11 is 0. The van der Waals surface area contributed by atoms with Gasteiger partial charge >= 0.3 is 0 Å². The van der Waals surface area contributed by atoms with Gasteiger partial charge in [-0.1, -0.05) is 0 Å². The zero-order valence-electron chi connectivity index (χ0n) is 10.2. The second-order valence-electron chi connectivity index (χ2n) is 4.98. The largest absolute Gasteiger partial charge is 0.367 e. The highest BCUT2D eigenvalue weighted by atomic mass is 15.2. The van der Waals surface area contributed by atoms with Gasteiger partial charge in [-0.3, -0.25) is 0 Å². The van der Waals surface area contributed by atoms with Crippen molar-refractivity contribution in [2.45, 2.75) is 31.8 Å². The van der Waals surface area contributed by atoms with Crippen LogP contribution in [0, 0.1) is 0 Å². The summed E-state index contributed by atoms with van der Waals surface area (Å²) in [6, 6.07) is 3.23. The van der Waals surface area contributed by atoms with Gasteiger partial charge in [0.1, 0.15) is 18.0 Å². The number of hydrogen-bond donors (Lipinski definition) is 2. The van der Waals surface area contributed by atoms with Gasteiger partial charge in [-0.15, -0.1) is 0 Å². The van der Waals surface area contributed by atoms with Crippen molar-refractivity contribution in [3.05, 3.63) is 12.4 Å². The van der Waals surface area contributed by atoms with E-state index in [4.69, 9.17) is 0 Å². The maximum absolute atomic E-state index is 4.37. The Morgan fingerprint density at radius 2 is 2.29 bits per heavy atom. The lowest BCUT2D eigenvalue weighted by Gasteiger charge is -2.32. The topological polar surface area (TPSA) is 53.1 Å². The van der Waals surface area contributed by atoms with Crippen LogP contribution < -0.4 is 15.5 Å². The first-order valence-electron chi connectivity index (χ1n) is 6.38. The molecule has 1 aromatic heterocycles. The molecule has 2 N–H and O–H groups in total.